The Labute approximate surface area is 47.9 Å². The summed E-state index contributed by atoms with van der Waals surface area (Å²) in [6, 6.07) is 0. The van der Waals surface area contributed by atoms with Gasteiger partial charge in [0.05, 0.1) is 6.10 Å². The summed E-state index contributed by atoms with van der Waals surface area (Å²) in [6.07, 6.45) is -1.37. The molecule has 0 heterocycles. The van der Waals surface area contributed by atoms with Crippen molar-refractivity contribution in [3.05, 3.63) is 0 Å². The van der Waals surface area contributed by atoms with Crippen LogP contribution in [-0.4, -0.2) is 28.7 Å². The molecule has 0 fully saturated rings. The fourth-order valence-electron chi connectivity index (χ4n) is 0.332. The van der Waals surface area contributed by atoms with Gasteiger partial charge in [-0.2, -0.15) is 0 Å². The van der Waals surface area contributed by atoms with Crippen LogP contribution in [0.25, 0.3) is 0 Å². The molecule has 0 amide bonds. The number of carbonyl (C=O) groups is 1. The molecular formula is C5H10O3. The summed E-state index contributed by atoms with van der Waals surface area (Å²) in [7, 11) is 0. The van der Waals surface area contributed by atoms with E-state index < -0.39 is 12.2 Å². The predicted octanol–water partition coefficient (Wildman–Crippen LogP) is -0.683. The standard InChI is InChI=1S/C5H10O3/c1-2-4(7)5(8)3-6/h3-5,7-8H,2H2,1H3. The lowest BCUT2D eigenvalue weighted by molar-refractivity contribution is -0.120. The molecule has 0 aromatic rings. The van der Waals surface area contributed by atoms with E-state index in [1.165, 1.54) is 0 Å². The molecule has 0 rings (SSSR count). The van der Waals surface area contributed by atoms with Gasteiger partial charge in [0, 0.05) is 0 Å². The van der Waals surface area contributed by atoms with Gasteiger partial charge in [-0.1, -0.05) is 6.92 Å². The van der Waals surface area contributed by atoms with Gasteiger partial charge in [-0.3, -0.25) is 0 Å². The molecule has 0 aliphatic carbocycles. The van der Waals surface area contributed by atoms with Crippen molar-refractivity contribution >= 4 is 6.29 Å². The number of carbonyl (C=O) groups excluding carboxylic acids is 1. The molecule has 2 atom stereocenters. The molecular weight excluding hydrogens is 108 g/mol. The minimum Gasteiger partial charge on any atom is -0.390 e. The van der Waals surface area contributed by atoms with Crippen LogP contribution in [0, 0.1) is 0 Å². The average molecular weight is 118 g/mol. The summed E-state index contributed by atoms with van der Waals surface area (Å²) >= 11 is 0. The van der Waals surface area contributed by atoms with Crippen molar-refractivity contribution in [1.29, 1.82) is 0 Å². The molecule has 3 nitrogen and oxygen atoms in total. The zero-order valence-electron chi connectivity index (χ0n) is 4.74. The second-order valence-corrected chi connectivity index (χ2v) is 1.60. The molecule has 3 heteroatoms. The summed E-state index contributed by atoms with van der Waals surface area (Å²) in [4.78, 5) is 9.70. The third kappa shape index (κ3) is 2.04. The lowest BCUT2D eigenvalue weighted by Crippen LogP contribution is -2.25. The quantitative estimate of drug-likeness (QED) is 0.482. The monoisotopic (exact) mass is 118 g/mol. The van der Waals surface area contributed by atoms with Crippen molar-refractivity contribution in [2.24, 2.45) is 0 Å². The van der Waals surface area contributed by atoms with Crippen molar-refractivity contribution < 1.29 is 15.0 Å². The number of rotatable bonds is 3. The van der Waals surface area contributed by atoms with E-state index in [-0.39, 0.29) is 0 Å². The Balaban J connectivity index is 3.44. The van der Waals surface area contributed by atoms with E-state index in [1.54, 1.807) is 6.92 Å². The van der Waals surface area contributed by atoms with Gasteiger partial charge >= 0.3 is 0 Å². The van der Waals surface area contributed by atoms with Gasteiger partial charge in [0.25, 0.3) is 0 Å². The van der Waals surface area contributed by atoms with E-state index >= 15 is 0 Å². The summed E-state index contributed by atoms with van der Waals surface area (Å²) in [5.74, 6) is 0. The summed E-state index contributed by atoms with van der Waals surface area (Å²) in [5.41, 5.74) is 0. The summed E-state index contributed by atoms with van der Waals surface area (Å²) in [5, 5.41) is 17.2. The van der Waals surface area contributed by atoms with Crippen LogP contribution in [-0.2, 0) is 4.79 Å². The lowest BCUT2D eigenvalue weighted by atomic mass is 10.2. The smallest absolute Gasteiger partial charge is 0.151 e. The number of aliphatic hydroxyl groups is 2. The number of hydrogen-bond acceptors (Lipinski definition) is 3. The molecule has 0 aromatic heterocycles. The molecule has 0 aliphatic heterocycles. The molecule has 0 saturated carbocycles. The van der Waals surface area contributed by atoms with Crippen LogP contribution in [0.4, 0.5) is 0 Å². The van der Waals surface area contributed by atoms with Crippen LogP contribution in [0.1, 0.15) is 13.3 Å². The first-order valence-corrected chi connectivity index (χ1v) is 2.53. The molecule has 0 bridgehead atoms. The highest BCUT2D eigenvalue weighted by Crippen LogP contribution is 1.93. The summed E-state index contributed by atoms with van der Waals surface area (Å²) < 4.78 is 0. The van der Waals surface area contributed by atoms with Gasteiger partial charge in [0.15, 0.2) is 6.29 Å². The third-order valence-electron chi connectivity index (χ3n) is 0.952. The maximum absolute atomic E-state index is 9.70. The minimum absolute atomic E-state index is 0.328. The Kier molecular flexibility index (Phi) is 3.39. The first kappa shape index (κ1) is 7.59. The lowest BCUT2D eigenvalue weighted by Gasteiger charge is -2.07. The van der Waals surface area contributed by atoms with Crippen LogP contribution in [0.3, 0.4) is 0 Å². The minimum atomic E-state index is -1.21. The molecule has 0 aromatic carbocycles. The first-order chi connectivity index (χ1) is 3.72. The Bertz CT molecular complexity index is 72.1. The van der Waals surface area contributed by atoms with Crippen LogP contribution < -0.4 is 0 Å². The zero-order chi connectivity index (χ0) is 6.57. The fraction of sp³-hybridized carbons (Fsp3) is 0.800. The largest absolute Gasteiger partial charge is 0.390 e. The highest BCUT2D eigenvalue weighted by molar-refractivity contribution is 5.56. The van der Waals surface area contributed by atoms with Crippen molar-refractivity contribution in [2.45, 2.75) is 25.6 Å². The van der Waals surface area contributed by atoms with E-state index in [0.717, 1.165) is 0 Å². The predicted molar refractivity (Wildman–Crippen MR) is 28.4 cm³/mol. The molecule has 0 aliphatic rings. The molecule has 8 heavy (non-hydrogen) atoms. The molecule has 0 radical (unpaired) electrons. The Hall–Kier alpha value is -0.410. The highest BCUT2D eigenvalue weighted by Gasteiger charge is 2.10. The zero-order valence-corrected chi connectivity index (χ0v) is 4.74. The highest BCUT2D eigenvalue weighted by atomic mass is 16.3. The van der Waals surface area contributed by atoms with Gasteiger partial charge in [0.1, 0.15) is 6.10 Å². The molecule has 2 unspecified atom stereocenters. The van der Waals surface area contributed by atoms with Gasteiger partial charge in [-0.05, 0) is 6.42 Å². The number of aliphatic hydroxyl groups excluding tert-OH is 2. The summed E-state index contributed by atoms with van der Waals surface area (Å²) in [6.45, 7) is 1.69. The molecule has 0 spiro atoms. The SMILES string of the molecule is CCC(O)C(O)C=O. The van der Waals surface area contributed by atoms with Crippen LogP contribution in [0.5, 0.6) is 0 Å². The van der Waals surface area contributed by atoms with Crippen molar-refractivity contribution in [2.75, 3.05) is 0 Å². The van der Waals surface area contributed by atoms with Crippen molar-refractivity contribution in [3.8, 4) is 0 Å². The van der Waals surface area contributed by atoms with Gasteiger partial charge in [-0.25, -0.2) is 0 Å². The second kappa shape index (κ2) is 3.57. The topological polar surface area (TPSA) is 57.5 Å². The maximum atomic E-state index is 9.70. The van der Waals surface area contributed by atoms with Crippen molar-refractivity contribution in [1.82, 2.24) is 0 Å². The normalized spacial score (nSPS) is 17.4. The van der Waals surface area contributed by atoms with Crippen molar-refractivity contribution in [3.63, 3.8) is 0 Å². The van der Waals surface area contributed by atoms with E-state index in [1.807, 2.05) is 0 Å². The van der Waals surface area contributed by atoms with Gasteiger partial charge < -0.3 is 15.0 Å². The van der Waals surface area contributed by atoms with E-state index in [4.69, 9.17) is 10.2 Å². The van der Waals surface area contributed by atoms with E-state index in [2.05, 4.69) is 0 Å². The fourth-order valence-corrected chi connectivity index (χ4v) is 0.332. The Morgan fingerprint density at radius 1 is 1.62 bits per heavy atom. The number of hydrogen-bond donors (Lipinski definition) is 2. The van der Waals surface area contributed by atoms with Crippen LogP contribution >= 0.6 is 0 Å². The van der Waals surface area contributed by atoms with Crippen LogP contribution in [0.15, 0.2) is 0 Å². The van der Waals surface area contributed by atoms with Crippen LogP contribution in [0.2, 0.25) is 0 Å². The van der Waals surface area contributed by atoms with Gasteiger partial charge in [-0.15, -0.1) is 0 Å². The average Bonchev–Trinajstić information content (AvgIpc) is 1.84. The van der Waals surface area contributed by atoms with E-state index in [9.17, 15) is 4.79 Å². The second-order valence-electron chi connectivity index (χ2n) is 1.60. The molecule has 48 valence electrons. The molecule has 0 saturated heterocycles. The Morgan fingerprint density at radius 2 is 2.12 bits per heavy atom. The number of aldehydes is 1. The maximum Gasteiger partial charge on any atom is 0.151 e. The third-order valence-corrected chi connectivity index (χ3v) is 0.952. The molecule has 2 N–H and O–H groups in total. The van der Waals surface area contributed by atoms with E-state index in [0.29, 0.717) is 12.7 Å². The van der Waals surface area contributed by atoms with Gasteiger partial charge in [0.2, 0.25) is 0 Å². The Morgan fingerprint density at radius 3 is 2.25 bits per heavy atom. The first-order valence-electron chi connectivity index (χ1n) is 2.53.